The zero-order valence-electron chi connectivity index (χ0n) is 23.2. The summed E-state index contributed by atoms with van der Waals surface area (Å²) in [6.45, 7) is 0.379. The summed E-state index contributed by atoms with van der Waals surface area (Å²) in [5, 5.41) is 3.50. The molecule has 2 aliphatic heterocycles. The van der Waals surface area contributed by atoms with Crippen molar-refractivity contribution in [1.29, 1.82) is 0 Å². The van der Waals surface area contributed by atoms with E-state index in [1.807, 2.05) is 60.7 Å². The maximum Gasteiger partial charge on any atom is 0.295 e. The molecule has 44 heavy (non-hydrogen) atoms. The average Bonchev–Trinajstić information content (AvgIpc) is 3.03. The van der Waals surface area contributed by atoms with Crippen LogP contribution in [0.1, 0.15) is 35.7 Å². The zero-order valence-corrected chi connectivity index (χ0v) is 23.2. The van der Waals surface area contributed by atoms with Gasteiger partial charge in [0.15, 0.2) is 17.0 Å². The van der Waals surface area contributed by atoms with Gasteiger partial charge >= 0.3 is 0 Å². The molecule has 0 saturated carbocycles. The zero-order chi connectivity index (χ0) is 30.2. The van der Waals surface area contributed by atoms with Gasteiger partial charge < -0.3 is 35.8 Å². The van der Waals surface area contributed by atoms with Crippen molar-refractivity contribution in [2.24, 2.45) is 10.7 Å². The molecule has 0 aliphatic carbocycles. The van der Waals surface area contributed by atoms with Crippen LogP contribution in [-0.4, -0.2) is 35.4 Å². The van der Waals surface area contributed by atoms with Gasteiger partial charge in [0.25, 0.3) is 11.1 Å². The van der Waals surface area contributed by atoms with Gasteiger partial charge in [-0.1, -0.05) is 66.7 Å². The summed E-state index contributed by atoms with van der Waals surface area (Å²) >= 11 is 0. The Labute approximate surface area is 248 Å². The number of hydrogen-bond acceptors (Lipinski definition) is 12. The molecular weight excluding hydrogens is 564 g/mol. The van der Waals surface area contributed by atoms with Crippen LogP contribution in [0.4, 0.5) is 11.8 Å². The van der Waals surface area contributed by atoms with Gasteiger partial charge in [0.2, 0.25) is 23.7 Å². The Morgan fingerprint density at radius 1 is 0.886 bits per heavy atom. The molecular formula is C30H26N10O4. The minimum absolute atomic E-state index is 0.0148. The molecule has 14 heteroatoms. The van der Waals surface area contributed by atoms with Crippen LogP contribution in [0, 0.1) is 0 Å². The minimum atomic E-state index is -0.709. The third-order valence-corrected chi connectivity index (χ3v) is 7.24. The molecule has 6 N–H and O–H groups in total. The fraction of sp³-hybridized carbons (Fsp3) is 0.167. The molecule has 5 aromatic rings. The van der Waals surface area contributed by atoms with Gasteiger partial charge in [-0.2, -0.15) is 19.9 Å². The van der Waals surface area contributed by atoms with Crippen molar-refractivity contribution in [3.8, 4) is 5.88 Å². The fourth-order valence-corrected chi connectivity index (χ4v) is 5.29. The van der Waals surface area contributed by atoms with Gasteiger partial charge in [0.05, 0.1) is 6.04 Å². The third-order valence-electron chi connectivity index (χ3n) is 7.24. The summed E-state index contributed by atoms with van der Waals surface area (Å²) < 4.78 is 13.8. The van der Waals surface area contributed by atoms with Gasteiger partial charge in [-0.15, -0.1) is 0 Å². The van der Waals surface area contributed by atoms with Crippen LogP contribution >= 0.6 is 0 Å². The van der Waals surface area contributed by atoms with E-state index >= 15 is 0 Å². The van der Waals surface area contributed by atoms with E-state index in [4.69, 9.17) is 25.9 Å². The molecule has 14 nitrogen and oxygen atoms in total. The first-order valence-corrected chi connectivity index (χ1v) is 13.8. The molecule has 0 fully saturated rings. The van der Waals surface area contributed by atoms with Crippen molar-refractivity contribution >= 4 is 40.8 Å². The van der Waals surface area contributed by atoms with Crippen molar-refractivity contribution in [1.82, 2.24) is 29.5 Å². The maximum atomic E-state index is 13.6. The van der Waals surface area contributed by atoms with Crippen LogP contribution in [0.15, 0.2) is 75.2 Å². The number of nitrogen functional groups attached to an aromatic ring is 1. The highest BCUT2D eigenvalue weighted by molar-refractivity contribution is 5.95. The maximum absolute atomic E-state index is 13.6. The molecule has 5 heterocycles. The molecule has 2 aliphatic rings. The largest absolute Gasteiger partial charge is 0.471 e. The predicted octanol–water partition coefficient (Wildman–Crippen LogP) is 0.617. The number of aliphatic imine (C=N–C) groups is 1. The van der Waals surface area contributed by atoms with Crippen LogP contribution in [0.3, 0.4) is 0 Å². The number of hydrogen-bond donors (Lipinski definition) is 4. The van der Waals surface area contributed by atoms with Gasteiger partial charge in [-0.3, -0.25) is 9.59 Å². The number of nitrogens with two attached hydrogens (primary N) is 2. The van der Waals surface area contributed by atoms with Crippen LogP contribution in [0.25, 0.3) is 23.1 Å². The van der Waals surface area contributed by atoms with Crippen molar-refractivity contribution < 1.29 is 9.47 Å². The number of nitrogens with zero attached hydrogens (tertiary/aromatic N) is 6. The lowest BCUT2D eigenvalue weighted by atomic mass is 10.0. The van der Waals surface area contributed by atoms with Crippen molar-refractivity contribution in [3.05, 3.63) is 109 Å². The van der Waals surface area contributed by atoms with Crippen LogP contribution < -0.4 is 43.3 Å². The number of rotatable bonds is 7. The number of fused-ring (bicyclic) bond motifs is 4. The normalized spacial score (nSPS) is 15.4. The van der Waals surface area contributed by atoms with Crippen LogP contribution in [0.2, 0.25) is 0 Å². The number of H-pyrrole nitrogens is 1. The molecule has 0 radical (unpaired) electrons. The van der Waals surface area contributed by atoms with E-state index in [0.29, 0.717) is 18.2 Å². The number of guanidine groups is 1. The van der Waals surface area contributed by atoms with Crippen LogP contribution in [0.5, 0.6) is 5.88 Å². The van der Waals surface area contributed by atoms with Gasteiger partial charge in [-0.25, -0.2) is 4.98 Å². The number of nitrogens with one attached hydrogen (secondary N) is 2. The Bertz CT molecular complexity index is 2180. The Morgan fingerprint density at radius 3 is 2.32 bits per heavy atom. The van der Waals surface area contributed by atoms with E-state index < -0.39 is 17.2 Å². The molecule has 1 atom stereocenters. The summed E-state index contributed by atoms with van der Waals surface area (Å²) in [4.78, 5) is 51.3. The van der Waals surface area contributed by atoms with E-state index in [0.717, 1.165) is 11.1 Å². The highest BCUT2D eigenvalue weighted by atomic mass is 16.5. The molecule has 0 bridgehead atoms. The molecule has 0 spiro atoms. The van der Waals surface area contributed by atoms with Crippen LogP contribution in [-0.2, 0) is 18.0 Å². The fourth-order valence-electron chi connectivity index (χ4n) is 5.29. The smallest absolute Gasteiger partial charge is 0.295 e. The van der Waals surface area contributed by atoms with Gasteiger partial charge in [0, 0.05) is 0 Å². The molecule has 0 amide bonds. The number of ether oxygens (including phenoxy) is 2. The van der Waals surface area contributed by atoms with E-state index in [2.05, 4.69) is 30.2 Å². The number of aromatic nitrogens is 6. The number of benzene rings is 2. The molecule has 0 saturated heterocycles. The molecule has 2 aromatic carbocycles. The standard InChI is InChI=1S/C30H26N10O4/c31-29-36-23-21(27(38-29)43-14-16-8-3-1-4-9-16)33-20(26(42)34-23)18-12-7-13-19-25(41)35-24-22(40(18)19)28(39-30(32)37-24)44-15-17-10-5-2-6-11-17/h1-6,8-11,13,18H,7,12,14-15H2,(H3,31,34,36,38,42)(H3,32,35,37,39,41). The topological polar surface area (TPSA) is 201 Å². The third kappa shape index (κ3) is 4.98. The molecule has 3 aromatic heterocycles. The first-order chi connectivity index (χ1) is 21.4. The Balaban J connectivity index is 1.39. The second kappa shape index (κ2) is 11.0. The monoisotopic (exact) mass is 590 g/mol. The summed E-state index contributed by atoms with van der Waals surface area (Å²) in [6.07, 6.45) is 2.71. The van der Waals surface area contributed by atoms with Crippen molar-refractivity contribution in [2.75, 3.05) is 11.1 Å². The Kier molecular flexibility index (Phi) is 6.69. The number of anilines is 2. The average molecular weight is 591 g/mol. The Hall–Kier alpha value is -6.05. The molecule has 220 valence electrons. The SMILES string of the molecule is NC1=NC(OCc2ccccc2)=c2c(nc(=O)c3n2C(c2nc4c(OCc5ccccc5)nc(N)nc4[nH]c2=O)CCC=3)N1. The first kappa shape index (κ1) is 26.8. The summed E-state index contributed by atoms with van der Waals surface area (Å²) in [5.74, 6) is 0.357. The van der Waals surface area contributed by atoms with Crippen molar-refractivity contribution in [2.45, 2.75) is 32.1 Å². The van der Waals surface area contributed by atoms with E-state index in [1.165, 1.54) is 0 Å². The van der Waals surface area contributed by atoms with Gasteiger partial charge in [-0.05, 0) is 24.0 Å². The lowest BCUT2D eigenvalue weighted by Gasteiger charge is -2.26. The molecule has 7 rings (SSSR count). The summed E-state index contributed by atoms with van der Waals surface area (Å²) in [7, 11) is 0. The lowest BCUT2D eigenvalue weighted by molar-refractivity contribution is 0.251. The minimum Gasteiger partial charge on any atom is -0.471 e. The van der Waals surface area contributed by atoms with E-state index in [9.17, 15) is 9.59 Å². The van der Waals surface area contributed by atoms with Crippen molar-refractivity contribution in [3.63, 3.8) is 0 Å². The first-order valence-electron chi connectivity index (χ1n) is 13.8. The van der Waals surface area contributed by atoms with Gasteiger partial charge in [0.1, 0.15) is 29.6 Å². The Morgan fingerprint density at radius 2 is 1.59 bits per heavy atom. The molecule has 1 unspecified atom stereocenters. The highest BCUT2D eigenvalue weighted by Crippen LogP contribution is 2.26. The second-order valence-electron chi connectivity index (χ2n) is 10.2. The summed E-state index contributed by atoms with van der Waals surface area (Å²) in [5.41, 5.74) is 13.2. The predicted molar refractivity (Wildman–Crippen MR) is 163 cm³/mol. The quantitative estimate of drug-likeness (QED) is 0.207. The number of aromatic amines is 1. The lowest BCUT2D eigenvalue weighted by Crippen LogP contribution is -2.53. The highest BCUT2D eigenvalue weighted by Gasteiger charge is 2.29. The summed E-state index contributed by atoms with van der Waals surface area (Å²) in [6, 6.07) is 18.4. The van der Waals surface area contributed by atoms with E-state index in [1.54, 1.807) is 10.6 Å². The second-order valence-corrected chi connectivity index (χ2v) is 10.2. The van der Waals surface area contributed by atoms with E-state index in [-0.39, 0.29) is 64.9 Å².